The van der Waals surface area contributed by atoms with E-state index in [4.69, 9.17) is 23.2 Å². The molecule has 1 amide bonds. The molecule has 0 spiro atoms. The molecular weight excluding hydrogens is 376 g/mol. The Morgan fingerprint density at radius 2 is 1.84 bits per heavy atom. The van der Waals surface area contributed by atoms with Crippen LogP contribution >= 0.6 is 23.2 Å². The van der Waals surface area contributed by atoms with E-state index < -0.39 is 11.7 Å². The molecule has 0 saturated carbocycles. The first kappa shape index (κ1) is 19.4. The first-order valence-electron chi connectivity index (χ1n) is 7.37. The molecule has 8 heteroatoms. The highest BCUT2D eigenvalue weighted by Gasteiger charge is 2.30. The van der Waals surface area contributed by atoms with Gasteiger partial charge in [-0.1, -0.05) is 35.3 Å². The molecule has 0 aliphatic rings. The average molecular weight is 391 g/mol. The second kappa shape index (κ2) is 8.45. The average Bonchev–Trinajstić information content (AvgIpc) is 2.54. The number of anilines is 1. The molecule has 2 aromatic carbocycles. The lowest BCUT2D eigenvalue weighted by Crippen LogP contribution is -2.31. The van der Waals surface area contributed by atoms with Gasteiger partial charge in [0.25, 0.3) is 0 Å². The number of amides is 1. The highest BCUT2D eigenvalue weighted by Crippen LogP contribution is 2.30. The Kier molecular flexibility index (Phi) is 6.56. The molecule has 2 rings (SSSR count). The molecule has 0 unspecified atom stereocenters. The van der Waals surface area contributed by atoms with Gasteiger partial charge in [0.05, 0.1) is 12.1 Å². The third-order valence-corrected chi connectivity index (χ3v) is 3.96. The lowest BCUT2D eigenvalue weighted by Gasteiger charge is -2.11. The van der Waals surface area contributed by atoms with E-state index in [0.717, 1.165) is 17.7 Å². The van der Waals surface area contributed by atoms with Gasteiger partial charge in [-0.05, 0) is 42.3 Å². The zero-order chi connectivity index (χ0) is 18.4. The molecule has 0 bridgehead atoms. The third-order valence-electron chi connectivity index (χ3n) is 3.37. The first-order chi connectivity index (χ1) is 11.8. The van der Waals surface area contributed by atoms with Crippen molar-refractivity contribution in [3.05, 3.63) is 63.6 Å². The van der Waals surface area contributed by atoms with Gasteiger partial charge in [0.1, 0.15) is 0 Å². The maximum atomic E-state index is 12.6. The predicted molar refractivity (Wildman–Crippen MR) is 93.1 cm³/mol. The van der Waals surface area contributed by atoms with Crippen molar-refractivity contribution in [1.29, 1.82) is 0 Å². The van der Waals surface area contributed by atoms with E-state index in [1.54, 1.807) is 18.2 Å². The zero-order valence-corrected chi connectivity index (χ0v) is 14.5. The van der Waals surface area contributed by atoms with Gasteiger partial charge >= 0.3 is 6.18 Å². The molecule has 134 valence electrons. The van der Waals surface area contributed by atoms with Crippen LogP contribution in [0.3, 0.4) is 0 Å². The van der Waals surface area contributed by atoms with Gasteiger partial charge in [-0.3, -0.25) is 4.79 Å². The number of rotatable bonds is 6. The highest BCUT2D eigenvalue weighted by molar-refractivity contribution is 6.35. The molecule has 0 aliphatic heterocycles. The summed E-state index contributed by atoms with van der Waals surface area (Å²) in [6.45, 7) is 0.222. The Morgan fingerprint density at radius 1 is 1.08 bits per heavy atom. The summed E-state index contributed by atoms with van der Waals surface area (Å²) in [6.07, 6.45) is -3.90. The summed E-state index contributed by atoms with van der Waals surface area (Å²) in [6, 6.07) is 9.79. The molecule has 2 N–H and O–H groups in total. The van der Waals surface area contributed by atoms with Crippen molar-refractivity contribution in [1.82, 2.24) is 5.32 Å². The number of nitrogens with one attached hydrogen (secondary N) is 2. The smallest absolute Gasteiger partial charge is 0.376 e. The third kappa shape index (κ3) is 6.14. The lowest BCUT2D eigenvalue weighted by atomic mass is 10.1. The predicted octanol–water partition coefficient (Wildman–Crippen LogP) is 4.78. The van der Waals surface area contributed by atoms with Crippen LogP contribution in [-0.4, -0.2) is 19.0 Å². The topological polar surface area (TPSA) is 41.1 Å². The van der Waals surface area contributed by atoms with Crippen molar-refractivity contribution in [2.45, 2.75) is 12.6 Å². The van der Waals surface area contributed by atoms with Crippen LogP contribution < -0.4 is 10.6 Å². The van der Waals surface area contributed by atoms with Crippen LogP contribution in [0.5, 0.6) is 0 Å². The standard InChI is InChI=1S/C17H15Cl2F3N2O/c18-13-5-4-11(15(19)9-13)6-7-23-16(25)10-24-14-3-1-2-12(8-14)17(20,21)22/h1-5,8-9,24H,6-7,10H2,(H,23,25). The highest BCUT2D eigenvalue weighted by atomic mass is 35.5. The number of carbonyl (C=O) groups excluding carboxylic acids is 1. The van der Waals surface area contributed by atoms with Gasteiger partial charge in [-0.25, -0.2) is 0 Å². The number of halogens is 5. The monoisotopic (exact) mass is 390 g/mol. The number of benzene rings is 2. The van der Waals surface area contributed by atoms with E-state index in [-0.39, 0.29) is 18.1 Å². The van der Waals surface area contributed by atoms with E-state index in [1.165, 1.54) is 12.1 Å². The quantitative estimate of drug-likeness (QED) is 0.744. The van der Waals surface area contributed by atoms with Gasteiger partial charge in [0.2, 0.25) is 5.91 Å². The summed E-state index contributed by atoms with van der Waals surface area (Å²) >= 11 is 11.8. The fourth-order valence-corrected chi connectivity index (χ4v) is 2.61. The maximum Gasteiger partial charge on any atom is 0.416 e. The molecular formula is C17H15Cl2F3N2O. The second-order valence-electron chi connectivity index (χ2n) is 5.27. The molecule has 25 heavy (non-hydrogen) atoms. The van der Waals surface area contributed by atoms with Crippen LogP contribution in [0.4, 0.5) is 18.9 Å². The molecule has 3 nitrogen and oxygen atoms in total. The molecule has 0 heterocycles. The second-order valence-corrected chi connectivity index (χ2v) is 6.11. The fourth-order valence-electron chi connectivity index (χ4n) is 2.11. The molecule has 0 radical (unpaired) electrons. The Morgan fingerprint density at radius 3 is 2.52 bits per heavy atom. The van der Waals surface area contributed by atoms with E-state index in [0.29, 0.717) is 23.0 Å². The zero-order valence-electron chi connectivity index (χ0n) is 13.0. The maximum absolute atomic E-state index is 12.6. The summed E-state index contributed by atoms with van der Waals surface area (Å²) in [5.74, 6) is -0.331. The summed E-state index contributed by atoms with van der Waals surface area (Å²) in [7, 11) is 0. The minimum atomic E-state index is -4.42. The Hall–Kier alpha value is -1.92. The molecule has 2 aromatic rings. The largest absolute Gasteiger partial charge is 0.416 e. The van der Waals surface area contributed by atoms with Crippen LogP contribution in [0.2, 0.25) is 10.0 Å². The summed E-state index contributed by atoms with van der Waals surface area (Å²) in [5, 5.41) is 6.39. The van der Waals surface area contributed by atoms with Crippen molar-refractivity contribution in [3.63, 3.8) is 0 Å². The Labute approximate surface area is 153 Å². The number of alkyl halides is 3. The van der Waals surface area contributed by atoms with Crippen LogP contribution in [0.1, 0.15) is 11.1 Å². The molecule has 0 fully saturated rings. The normalized spacial score (nSPS) is 11.2. The van der Waals surface area contributed by atoms with Gasteiger partial charge in [-0.2, -0.15) is 13.2 Å². The van der Waals surface area contributed by atoms with E-state index in [1.807, 2.05) is 0 Å². The van der Waals surface area contributed by atoms with Crippen molar-refractivity contribution >= 4 is 34.8 Å². The Balaban J connectivity index is 1.79. The molecule has 0 aliphatic carbocycles. The lowest BCUT2D eigenvalue weighted by molar-refractivity contribution is -0.137. The fraction of sp³-hybridized carbons (Fsp3) is 0.235. The first-order valence-corrected chi connectivity index (χ1v) is 8.13. The van der Waals surface area contributed by atoms with E-state index in [9.17, 15) is 18.0 Å². The molecule has 0 atom stereocenters. The van der Waals surface area contributed by atoms with Crippen molar-refractivity contribution in [2.24, 2.45) is 0 Å². The van der Waals surface area contributed by atoms with Gasteiger partial charge < -0.3 is 10.6 Å². The van der Waals surface area contributed by atoms with Crippen molar-refractivity contribution < 1.29 is 18.0 Å². The molecule has 0 saturated heterocycles. The minimum absolute atomic E-state index is 0.129. The van der Waals surface area contributed by atoms with Crippen molar-refractivity contribution in [2.75, 3.05) is 18.4 Å². The number of carbonyl (C=O) groups is 1. The minimum Gasteiger partial charge on any atom is -0.376 e. The van der Waals surface area contributed by atoms with Crippen LogP contribution in [0.15, 0.2) is 42.5 Å². The van der Waals surface area contributed by atoms with E-state index >= 15 is 0 Å². The summed E-state index contributed by atoms with van der Waals surface area (Å²) < 4.78 is 37.9. The molecule has 0 aromatic heterocycles. The van der Waals surface area contributed by atoms with Crippen LogP contribution in [-0.2, 0) is 17.4 Å². The number of hydrogen-bond acceptors (Lipinski definition) is 2. The number of hydrogen-bond donors (Lipinski definition) is 2. The van der Waals surface area contributed by atoms with Crippen molar-refractivity contribution in [3.8, 4) is 0 Å². The van der Waals surface area contributed by atoms with Gasteiger partial charge in [0, 0.05) is 22.3 Å². The van der Waals surface area contributed by atoms with Gasteiger partial charge in [-0.15, -0.1) is 0 Å². The Bertz CT molecular complexity index is 751. The summed E-state index contributed by atoms with van der Waals surface area (Å²) in [4.78, 5) is 11.8. The van der Waals surface area contributed by atoms with Gasteiger partial charge in [0.15, 0.2) is 0 Å². The van der Waals surface area contributed by atoms with Crippen LogP contribution in [0.25, 0.3) is 0 Å². The summed E-state index contributed by atoms with van der Waals surface area (Å²) in [5.41, 5.74) is 0.304. The SMILES string of the molecule is O=C(CNc1cccc(C(F)(F)F)c1)NCCc1ccc(Cl)cc1Cl. The van der Waals surface area contributed by atoms with Crippen LogP contribution in [0, 0.1) is 0 Å². The van der Waals surface area contributed by atoms with E-state index in [2.05, 4.69) is 10.6 Å².